The molecule has 0 aliphatic carbocycles. The minimum Gasteiger partial charge on any atom is -0.451 e. The van der Waals surface area contributed by atoms with Gasteiger partial charge in [-0.1, -0.05) is 29.8 Å². The Morgan fingerprint density at radius 3 is 2.08 bits per heavy atom. The Morgan fingerprint density at radius 1 is 0.846 bits per heavy atom. The number of aryl methyl sites for hydroxylation is 3. The summed E-state index contributed by atoms with van der Waals surface area (Å²) >= 11 is 0. The molecule has 0 aliphatic rings. The topological polar surface area (TPSA) is 69.2 Å². The van der Waals surface area contributed by atoms with E-state index in [1.807, 2.05) is 32.9 Å². The van der Waals surface area contributed by atoms with Gasteiger partial charge in [-0.05, 0) is 45.9 Å². The van der Waals surface area contributed by atoms with E-state index in [-0.39, 0.29) is 5.78 Å². The van der Waals surface area contributed by atoms with Crippen LogP contribution >= 0.6 is 0 Å². The first-order valence-electron chi connectivity index (χ1n) is 8.42. The van der Waals surface area contributed by atoms with Crippen LogP contribution in [0.5, 0.6) is 0 Å². The molecule has 0 saturated carbocycles. The van der Waals surface area contributed by atoms with Crippen molar-refractivity contribution in [1.29, 1.82) is 0 Å². The van der Waals surface area contributed by atoms with Gasteiger partial charge in [0.25, 0.3) is 0 Å². The molecule has 3 rings (SSSR count). The largest absolute Gasteiger partial charge is 0.451 e. The second-order valence-electron chi connectivity index (χ2n) is 6.38. The van der Waals surface area contributed by atoms with E-state index < -0.39 is 12.1 Å². The molecule has 5 nitrogen and oxygen atoms in total. The average molecular weight is 348 g/mol. The second-order valence-corrected chi connectivity index (χ2v) is 6.38. The quantitative estimate of drug-likeness (QED) is 0.527. The molecule has 0 aliphatic heterocycles. The molecule has 0 N–H and O–H groups in total. The van der Waals surface area contributed by atoms with Crippen LogP contribution in [0.2, 0.25) is 0 Å². The summed E-state index contributed by atoms with van der Waals surface area (Å²) in [5.74, 6) is -0.787. The molecule has 0 radical (unpaired) electrons. The number of aromatic nitrogens is 2. The van der Waals surface area contributed by atoms with Gasteiger partial charge in [-0.15, -0.1) is 0 Å². The van der Waals surface area contributed by atoms with Crippen molar-refractivity contribution in [1.82, 2.24) is 9.97 Å². The number of carbonyl (C=O) groups is 2. The molecule has 5 heteroatoms. The lowest BCUT2D eigenvalue weighted by atomic mass is 10.1. The van der Waals surface area contributed by atoms with E-state index in [0.717, 1.165) is 17.0 Å². The number of ether oxygens (including phenoxy) is 1. The van der Waals surface area contributed by atoms with E-state index in [0.29, 0.717) is 22.2 Å². The number of Topliss-reactive ketones (excluding diaryl/α,β-unsaturated/α-hetero) is 1. The number of fused-ring (bicyclic) bond motifs is 1. The molecule has 3 aromatic rings. The van der Waals surface area contributed by atoms with Crippen molar-refractivity contribution in [2.75, 3.05) is 0 Å². The lowest BCUT2D eigenvalue weighted by molar-refractivity contribution is 0.0319. The molecule has 0 amide bonds. The van der Waals surface area contributed by atoms with Gasteiger partial charge < -0.3 is 4.74 Å². The van der Waals surface area contributed by atoms with E-state index in [9.17, 15) is 9.59 Å². The van der Waals surface area contributed by atoms with Crippen LogP contribution in [0.3, 0.4) is 0 Å². The number of esters is 1. The van der Waals surface area contributed by atoms with Crippen molar-refractivity contribution in [3.63, 3.8) is 0 Å². The maximum absolute atomic E-state index is 12.4. The van der Waals surface area contributed by atoms with Gasteiger partial charge >= 0.3 is 5.97 Å². The third-order valence-corrected chi connectivity index (χ3v) is 4.30. The van der Waals surface area contributed by atoms with Crippen LogP contribution in [0.15, 0.2) is 42.5 Å². The number of ketones is 1. The second kappa shape index (κ2) is 7.04. The average Bonchev–Trinajstić information content (AvgIpc) is 2.62. The highest BCUT2D eigenvalue weighted by atomic mass is 16.5. The highest BCUT2D eigenvalue weighted by Gasteiger charge is 2.20. The zero-order chi connectivity index (χ0) is 18.8. The summed E-state index contributed by atoms with van der Waals surface area (Å²) in [6.45, 7) is 7.29. The fraction of sp³-hybridized carbons (Fsp3) is 0.238. The van der Waals surface area contributed by atoms with Crippen LogP contribution in [0.1, 0.15) is 44.6 Å². The lowest BCUT2D eigenvalue weighted by Crippen LogP contribution is -2.24. The first-order chi connectivity index (χ1) is 12.3. The highest BCUT2D eigenvalue weighted by Crippen LogP contribution is 2.16. The predicted molar refractivity (Wildman–Crippen MR) is 99.4 cm³/mol. The Labute approximate surface area is 152 Å². The maximum atomic E-state index is 12.4. The number of benzene rings is 2. The van der Waals surface area contributed by atoms with Gasteiger partial charge in [-0.25, -0.2) is 14.8 Å². The number of rotatable bonds is 4. The zero-order valence-electron chi connectivity index (χ0n) is 15.2. The smallest absolute Gasteiger partial charge is 0.338 e. The Morgan fingerprint density at radius 2 is 1.42 bits per heavy atom. The molecular formula is C21H20N2O3. The summed E-state index contributed by atoms with van der Waals surface area (Å²) in [7, 11) is 0. The first-order valence-corrected chi connectivity index (χ1v) is 8.42. The van der Waals surface area contributed by atoms with Gasteiger partial charge in [0.1, 0.15) is 0 Å². The molecule has 0 unspecified atom stereocenters. The van der Waals surface area contributed by atoms with Crippen LogP contribution in [0.25, 0.3) is 11.0 Å². The van der Waals surface area contributed by atoms with Crippen LogP contribution in [0.4, 0.5) is 0 Å². The standard InChI is InChI=1S/C21H20N2O3/c1-12-5-7-16(8-6-12)20(24)15(4)26-21(25)17-9-10-18-19(11-17)23-14(3)13(2)22-18/h5-11,15H,1-4H3/t15-/m1/s1. The fourth-order valence-electron chi connectivity index (χ4n) is 2.59. The van der Waals surface area contributed by atoms with Gasteiger partial charge in [-0.2, -0.15) is 0 Å². The maximum Gasteiger partial charge on any atom is 0.338 e. The van der Waals surface area contributed by atoms with E-state index in [4.69, 9.17) is 4.74 Å². The molecule has 2 aromatic carbocycles. The number of hydrogen-bond donors (Lipinski definition) is 0. The molecule has 1 heterocycles. The van der Waals surface area contributed by atoms with E-state index in [2.05, 4.69) is 9.97 Å². The Balaban J connectivity index is 1.78. The summed E-state index contributed by atoms with van der Waals surface area (Å²) in [6.07, 6.45) is -0.869. The first kappa shape index (κ1) is 17.7. The highest BCUT2D eigenvalue weighted by molar-refractivity contribution is 6.01. The summed E-state index contributed by atoms with van der Waals surface area (Å²) < 4.78 is 5.35. The van der Waals surface area contributed by atoms with E-state index in [1.165, 1.54) is 0 Å². The van der Waals surface area contributed by atoms with Crippen LogP contribution in [-0.2, 0) is 4.74 Å². The van der Waals surface area contributed by atoms with E-state index >= 15 is 0 Å². The summed E-state index contributed by atoms with van der Waals surface area (Å²) in [4.78, 5) is 33.7. The van der Waals surface area contributed by atoms with Crippen LogP contribution < -0.4 is 0 Å². The molecule has 26 heavy (non-hydrogen) atoms. The van der Waals surface area contributed by atoms with Gasteiger partial charge in [0, 0.05) is 5.56 Å². The molecule has 0 spiro atoms. The van der Waals surface area contributed by atoms with Crippen LogP contribution in [-0.4, -0.2) is 27.8 Å². The molecule has 0 saturated heterocycles. The lowest BCUT2D eigenvalue weighted by Gasteiger charge is -2.13. The fourth-order valence-corrected chi connectivity index (χ4v) is 2.59. The van der Waals surface area contributed by atoms with Crippen molar-refractivity contribution in [3.05, 3.63) is 70.5 Å². The van der Waals surface area contributed by atoms with Crippen molar-refractivity contribution in [2.45, 2.75) is 33.8 Å². The van der Waals surface area contributed by atoms with Crippen LogP contribution in [0, 0.1) is 20.8 Å². The van der Waals surface area contributed by atoms with Gasteiger partial charge in [0.2, 0.25) is 5.78 Å². The van der Waals surface area contributed by atoms with Gasteiger partial charge in [0.15, 0.2) is 6.10 Å². The molecule has 0 fully saturated rings. The van der Waals surface area contributed by atoms with E-state index in [1.54, 1.807) is 37.3 Å². The van der Waals surface area contributed by atoms with Gasteiger partial charge in [-0.3, -0.25) is 4.79 Å². The molecular weight excluding hydrogens is 328 g/mol. The number of hydrogen-bond acceptors (Lipinski definition) is 5. The Bertz CT molecular complexity index is 994. The molecule has 1 atom stereocenters. The summed E-state index contributed by atoms with van der Waals surface area (Å²) in [5, 5.41) is 0. The molecule has 132 valence electrons. The van der Waals surface area contributed by atoms with Crippen molar-refractivity contribution in [2.24, 2.45) is 0 Å². The zero-order valence-corrected chi connectivity index (χ0v) is 15.2. The Kier molecular flexibility index (Phi) is 4.80. The van der Waals surface area contributed by atoms with Crippen molar-refractivity contribution >= 4 is 22.8 Å². The monoisotopic (exact) mass is 348 g/mol. The van der Waals surface area contributed by atoms with Crippen molar-refractivity contribution in [3.8, 4) is 0 Å². The number of nitrogens with zero attached hydrogens (tertiary/aromatic N) is 2. The third kappa shape index (κ3) is 3.61. The third-order valence-electron chi connectivity index (χ3n) is 4.30. The predicted octanol–water partition coefficient (Wildman–Crippen LogP) is 3.98. The van der Waals surface area contributed by atoms with Gasteiger partial charge in [0.05, 0.1) is 28.0 Å². The SMILES string of the molecule is Cc1ccc(C(=O)[C@@H](C)OC(=O)c2ccc3nc(C)c(C)nc3c2)cc1. The summed E-state index contributed by atoms with van der Waals surface area (Å²) in [5.41, 5.74) is 4.93. The number of carbonyl (C=O) groups excluding carboxylic acids is 2. The minimum absolute atomic E-state index is 0.231. The molecule has 1 aromatic heterocycles. The normalized spacial score (nSPS) is 12.0. The minimum atomic E-state index is -0.869. The Hall–Kier alpha value is -3.08. The molecule has 0 bridgehead atoms. The van der Waals surface area contributed by atoms with Crippen molar-refractivity contribution < 1.29 is 14.3 Å². The summed E-state index contributed by atoms with van der Waals surface area (Å²) in [6, 6.07) is 12.2.